The van der Waals surface area contributed by atoms with Crippen molar-refractivity contribution >= 4 is 15.7 Å². The molecule has 0 unspecified atom stereocenters. The molecule has 1 amide bonds. The van der Waals surface area contributed by atoms with Gasteiger partial charge in [0.05, 0.1) is 21.9 Å². The smallest absolute Gasteiger partial charge is 0.343 e. The Morgan fingerprint density at radius 3 is 2.48 bits per heavy atom. The molecule has 134 valence electrons. The van der Waals surface area contributed by atoms with Crippen LogP contribution in [0.3, 0.4) is 0 Å². The first-order valence-corrected chi connectivity index (χ1v) is 8.78. The van der Waals surface area contributed by atoms with Crippen molar-refractivity contribution in [1.29, 1.82) is 0 Å². The van der Waals surface area contributed by atoms with Crippen LogP contribution in [-0.2, 0) is 9.84 Å². The number of aromatic nitrogens is 2. The van der Waals surface area contributed by atoms with Gasteiger partial charge in [-0.25, -0.2) is 8.42 Å². The summed E-state index contributed by atoms with van der Waals surface area (Å²) in [6, 6.07) is 5.46. The highest BCUT2D eigenvalue weighted by atomic mass is 32.2. The fourth-order valence-corrected chi connectivity index (χ4v) is 2.99. The number of nitrogens with one attached hydrogen (secondary N) is 1. The zero-order valence-corrected chi connectivity index (χ0v) is 13.9. The summed E-state index contributed by atoms with van der Waals surface area (Å²) in [5.41, 5.74) is 0.232. The van der Waals surface area contributed by atoms with E-state index in [0.717, 1.165) is 6.20 Å². The maximum Gasteiger partial charge on any atom is 0.405 e. The van der Waals surface area contributed by atoms with Crippen molar-refractivity contribution in [1.82, 2.24) is 15.3 Å². The third-order valence-corrected chi connectivity index (χ3v) is 4.96. The van der Waals surface area contributed by atoms with Gasteiger partial charge in [-0.05, 0) is 24.3 Å². The summed E-state index contributed by atoms with van der Waals surface area (Å²) in [6.07, 6.45) is -2.05. The van der Waals surface area contributed by atoms with E-state index >= 15 is 0 Å². The number of sulfone groups is 1. The molecule has 25 heavy (non-hydrogen) atoms. The molecule has 0 saturated heterocycles. The van der Waals surface area contributed by atoms with Crippen molar-refractivity contribution in [3.8, 4) is 11.4 Å². The van der Waals surface area contributed by atoms with Gasteiger partial charge in [0.2, 0.25) is 0 Å². The summed E-state index contributed by atoms with van der Waals surface area (Å²) in [5, 5.41) is 1.73. The third kappa shape index (κ3) is 4.75. The SMILES string of the molecule is CCS(=O)(=O)c1cccnc1-c1ccc(C(=O)NCC(F)(F)F)cn1. The molecule has 0 aliphatic heterocycles. The molecule has 2 rings (SSSR count). The predicted octanol–water partition coefficient (Wildman–Crippen LogP) is 2.23. The van der Waals surface area contributed by atoms with E-state index in [1.807, 2.05) is 0 Å². The van der Waals surface area contributed by atoms with E-state index in [-0.39, 0.29) is 27.6 Å². The minimum absolute atomic E-state index is 0.000673. The van der Waals surface area contributed by atoms with Gasteiger partial charge < -0.3 is 5.32 Å². The molecule has 6 nitrogen and oxygen atoms in total. The van der Waals surface area contributed by atoms with Gasteiger partial charge in [0.1, 0.15) is 12.2 Å². The highest BCUT2D eigenvalue weighted by Gasteiger charge is 2.28. The summed E-state index contributed by atoms with van der Waals surface area (Å²) in [4.78, 5) is 19.6. The Kier molecular flexibility index (Phi) is 5.41. The fraction of sp³-hybridized carbons (Fsp3) is 0.267. The lowest BCUT2D eigenvalue weighted by atomic mass is 10.2. The van der Waals surface area contributed by atoms with Gasteiger partial charge in [0, 0.05) is 12.4 Å². The molecule has 2 heterocycles. The molecular formula is C15H14F3N3O3S. The van der Waals surface area contributed by atoms with E-state index in [0.29, 0.717) is 0 Å². The standard InChI is InChI=1S/C15H14F3N3O3S/c1-2-25(23,24)12-4-3-7-19-13(12)11-6-5-10(8-20-11)14(22)21-9-15(16,17)18/h3-8H,2,9H2,1H3,(H,21,22). The van der Waals surface area contributed by atoms with E-state index in [4.69, 9.17) is 0 Å². The van der Waals surface area contributed by atoms with Crippen LogP contribution in [0, 0.1) is 0 Å². The summed E-state index contributed by atoms with van der Waals surface area (Å²) >= 11 is 0. The van der Waals surface area contributed by atoms with Gasteiger partial charge in [-0.15, -0.1) is 0 Å². The third-order valence-electron chi connectivity index (χ3n) is 3.20. The Morgan fingerprint density at radius 2 is 1.92 bits per heavy atom. The van der Waals surface area contributed by atoms with Crippen molar-refractivity contribution in [2.45, 2.75) is 18.0 Å². The van der Waals surface area contributed by atoms with Crippen LogP contribution in [0.4, 0.5) is 13.2 Å². The minimum atomic E-state index is -4.51. The Bertz CT molecular complexity index is 866. The molecule has 2 aromatic rings. The van der Waals surface area contributed by atoms with Crippen molar-refractivity contribution in [3.63, 3.8) is 0 Å². The van der Waals surface area contributed by atoms with E-state index < -0.39 is 28.5 Å². The predicted molar refractivity (Wildman–Crippen MR) is 83.6 cm³/mol. The molecule has 0 atom stereocenters. The summed E-state index contributed by atoms with van der Waals surface area (Å²) in [7, 11) is -3.54. The van der Waals surface area contributed by atoms with Crippen molar-refractivity contribution in [2.24, 2.45) is 0 Å². The van der Waals surface area contributed by atoms with Crippen LogP contribution in [0.25, 0.3) is 11.4 Å². The molecule has 0 radical (unpaired) electrons. The summed E-state index contributed by atoms with van der Waals surface area (Å²) < 4.78 is 60.6. The van der Waals surface area contributed by atoms with Crippen molar-refractivity contribution in [2.75, 3.05) is 12.3 Å². The van der Waals surface area contributed by atoms with Gasteiger partial charge in [-0.3, -0.25) is 14.8 Å². The van der Waals surface area contributed by atoms with Crippen molar-refractivity contribution in [3.05, 3.63) is 42.2 Å². The number of halogens is 3. The lowest BCUT2D eigenvalue weighted by molar-refractivity contribution is -0.123. The maximum atomic E-state index is 12.1. The second-order valence-corrected chi connectivity index (χ2v) is 7.23. The van der Waals surface area contributed by atoms with Gasteiger partial charge >= 0.3 is 6.18 Å². The molecule has 0 aromatic carbocycles. The van der Waals surface area contributed by atoms with Crippen LogP contribution >= 0.6 is 0 Å². The van der Waals surface area contributed by atoms with E-state index in [1.54, 1.807) is 5.32 Å². The number of carbonyl (C=O) groups is 1. The molecular weight excluding hydrogens is 359 g/mol. The first kappa shape index (κ1) is 18.8. The highest BCUT2D eigenvalue weighted by Crippen LogP contribution is 2.24. The molecule has 1 N–H and O–H groups in total. The molecule has 0 aliphatic carbocycles. The van der Waals surface area contributed by atoms with E-state index in [9.17, 15) is 26.4 Å². The first-order valence-electron chi connectivity index (χ1n) is 7.13. The number of nitrogens with zero attached hydrogens (tertiary/aromatic N) is 2. The number of hydrogen-bond acceptors (Lipinski definition) is 5. The number of alkyl halides is 3. The molecule has 0 spiro atoms. The van der Waals surface area contributed by atoms with Gasteiger partial charge in [-0.2, -0.15) is 13.2 Å². The topological polar surface area (TPSA) is 89.0 Å². The van der Waals surface area contributed by atoms with Crippen LogP contribution in [0.15, 0.2) is 41.6 Å². The summed E-state index contributed by atoms with van der Waals surface area (Å²) in [6.45, 7) is 0.0420. The maximum absolute atomic E-state index is 12.1. The Hall–Kier alpha value is -2.49. The number of amides is 1. The van der Waals surface area contributed by atoms with Crippen LogP contribution in [0.5, 0.6) is 0 Å². The molecule has 0 aliphatic rings. The van der Waals surface area contributed by atoms with Crippen LogP contribution in [-0.4, -0.2) is 42.8 Å². The monoisotopic (exact) mass is 373 g/mol. The highest BCUT2D eigenvalue weighted by molar-refractivity contribution is 7.91. The van der Waals surface area contributed by atoms with Gasteiger partial charge in [0.25, 0.3) is 5.91 Å². The van der Waals surface area contributed by atoms with E-state index in [2.05, 4.69) is 9.97 Å². The van der Waals surface area contributed by atoms with Crippen LogP contribution < -0.4 is 5.32 Å². The largest absolute Gasteiger partial charge is 0.405 e. The average molecular weight is 373 g/mol. The quantitative estimate of drug-likeness (QED) is 0.868. The Labute approximate surface area is 142 Å². The van der Waals surface area contributed by atoms with Crippen molar-refractivity contribution < 1.29 is 26.4 Å². The average Bonchev–Trinajstić information content (AvgIpc) is 2.59. The fourth-order valence-electron chi connectivity index (χ4n) is 1.94. The minimum Gasteiger partial charge on any atom is -0.343 e. The number of pyridine rings is 2. The second-order valence-electron chi connectivity index (χ2n) is 4.98. The zero-order valence-electron chi connectivity index (χ0n) is 13.0. The second kappa shape index (κ2) is 7.18. The molecule has 2 aromatic heterocycles. The first-order chi connectivity index (χ1) is 11.6. The molecule has 0 bridgehead atoms. The lowest BCUT2D eigenvalue weighted by Gasteiger charge is -2.09. The summed E-state index contributed by atoms with van der Waals surface area (Å²) in [5.74, 6) is -1.05. The Morgan fingerprint density at radius 1 is 1.20 bits per heavy atom. The van der Waals surface area contributed by atoms with E-state index in [1.165, 1.54) is 37.4 Å². The number of carbonyl (C=O) groups excluding carboxylic acids is 1. The Balaban J connectivity index is 2.29. The zero-order chi connectivity index (χ0) is 18.7. The molecule has 0 fully saturated rings. The van der Waals surface area contributed by atoms with Crippen LogP contribution in [0.2, 0.25) is 0 Å². The van der Waals surface area contributed by atoms with Gasteiger partial charge in [0.15, 0.2) is 9.84 Å². The lowest BCUT2D eigenvalue weighted by Crippen LogP contribution is -2.33. The van der Waals surface area contributed by atoms with Crippen LogP contribution in [0.1, 0.15) is 17.3 Å². The number of rotatable bonds is 5. The normalized spacial score (nSPS) is 12.0. The molecule has 10 heteroatoms. The number of hydrogen-bond donors (Lipinski definition) is 1. The molecule has 0 saturated carbocycles. The van der Waals surface area contributed by atoms with Gasteiger partial charge in [-0.1, -0.05) is 6.92 Å².